The number of hydrogen-bond donors (Lipinski definition) is 3. The molecule has 4 nitrogen and oxygen atoms in total. The van der Waals surface area contributed by atoms with Gasteiger partial charge in [-0.05, 0) is 32.9 Å². The van der Waals surface area contributed by atoms with E-state index in [4.69, 9.17) is 0 Å². The molecule has 0 aromatic carbocycles. The minimum absolute atomic E-state index is 0.0291. The number of hydrogen-bond acceptors (Lipinski definition) is 3. The molecule has 1 saturated carbocycles. The van der Waals surface area contributed by atoms with E-state index in [1.807, 2.05) is 7.05 Å². The highest BCUT2D eigenvalue weighted by Gasteiger charge is 2.33. The Hall–Kier alpha value is -0.610. The van der Waals surface area contributed by atoms with Crippen LogP contribution >= 0.6 is 0 Å². The summed E-state index contributed by atoms with van der Waals surface area (Å²) >= 11 is 0. The van der Waals surface area contributed by atoms with Gasteiger partial charge in [-0.25, -0.2) is 0 Å². The summed E-state index contributed by atoms with van der Waals surface area (Å²) in [4.78, 5) is 11.5. The Morgan fingerprint density at radius 2 is 2.06 bits per heavy atom. The highest BCUT2D eigenvalue weighted by atomic mass is 16.3. The molecule has 1 rings (SSSR count). The van der Waals surface area contributed by atoms with E-state index in [0.29, 0.717) is 13.0 Å². The quantitative estimate of drug-likeness (QED) is 0.561. The summed E-state index contributed by atoms with van der Waals surface area (Å²) in [6.07, 6.45) is 5.88. The van der Waals surface area contributed by atoms with Crippen LogP contribution in [0, 0.1) is 5.41 Å². The Labute approximate surface area is 97.8 Å². The van der Waals surface area contributed by atoms with Gasteiger partial charge in [-0.1, -0.05) is 12.8 Å². The van der Waals surface area contributed by atoms with Crippen molar-refractivity contribution in [3.05, 3.63) is 0 Å². The normalized spacial score (nSPS) is 18.6. The molecule has 1 aliphatic rings. The molecule has 0 aliphatic heterocycles. The van der Waals surface area contributed by atoms with Gasteiger partial charge in [-0.3, -0.25) is 4.79 Å². The third kappa shape index (κ3) is 4.10. The van der Waals surface area contributed by atoms with Crippen molar-refractivity contribution in [2.75, 3.05) is 26.7 Å². The maximum Gasteiger partial charge on any atom is 0.220 e. The smallest absolute Gasteiger partial charge is 0.220 e. The van der Waals surface area contributed by atoms with E-state index in [1.54, 1.807) is 0 Å². The van der Waals surface area contributed by atoms with Gasteiger partial charge < -0.3 is 15.7 Å². The van der Waals surface area contributed by atoms with Gasteiger partial charge in [0.25, 0.3) is 0 Å². The van der Waals surface area contributed by atoms with E-state index in [0.717, 1.165) is 25.8 Å². The average molecular weight is 228 g/mol. The fourth-order valence-electron chi connectivity index (χ4n) is 2.32. The number of aliphatic hydroxyl groups excluding tert-OH is 1. The molecule has 4 heteroatoms. The molecule has 0 spiro atoms. The number of carbonyl (C=O) groups is 1. The third-order valence-corrected chi connectivity index (χ3v) is 3.49. The van der Waals surface area contributed by atoms with Crippen molar-refractivity contribution in [1.82, 2.24) is 10.6 Å². The molecule has 1 aliphatic carbocycles. The Kier molecular flexibility index (Phi) is 5.77. The molecule has 0 radical (unpaired) electrons. The van der Waals surface area contributed by atoms with E-state index in [-0.39, 0.29) is 17.9 Å². The van der Waals surface area contributed by atoms with Crippen molar-refractivity contribution in [3.8, 4) is 0 Å². The summed E-state index contributed by atoms with van der Waals surface area (Å²) in [5.41, 5.74) is -0.0291. The molecule has 1 fully saturated rings. The molecular weight excluding hydrogens is 204 g/mol. The van der Waals surface area contributed by atoms with Crippen molar-refractivity contribution in [1.29, 1.82) is 0 Å². The minimum atomic E-state index is -0.0291. The van der Waals surface area contributed by atoms with Crippen molar-refractivity contribution in [3.63, 3.8) is 0 Å². The Balaban J connectivity index is 2.19. The van der Waals surface area contributed by atoms with Gasteiger partial charge in [0, 0.05) is 18.4 Å². The van der Waals surface area contributed by atoms with Gasteiger partial charge in [0.2, 0.25) is 5.91 Å². The van der Waals surface area contributed by atoms with Crippen molar-refractivity contribution < 1.29 is 9.90 Å². The first-order chi connectivity index (χ1) is 7.72. The van der Waals surface area contributed by atoms with E-state index in [9.17, 15) is 9.90 Å². The molecule has 0 atom stereocenters. The number of amides is 1. The van der Waals surface area contributed by atoms with Crippen LogP contribution in [0.2, 0.25) is 0 Å². The van der Waals surface area contributed by atoms with E-state index >= 15 is 0 Å². The zero-order chi connectivity index (χ0) is 11.9. The number of aliphatic hydroxyl groups is 1. The van der Waals surface area contributed by atoms with Gasteiger partial charge in [0.1, 0.15) is 0 Å². The van der Waals surface area contributed by atoms with Gasteiger partial charge in [0.15, 0.2) is 0 Å². The average Bonchev–Trinajstić information content (AvgIpc) is 2.76. The molecule has 0 aromatic rings. The lowest BCUT2D eigenvalue weighted by molar-refractivity contribution is -0.121. The highest BCUT2D eigenvalue weighted by Crippen LogP contribution is 2.36. The van der Waals surface area contributed by atoms with Crippen molar-refractivity contribution in [2.24, 2.45) is 5.41 Å². The van der Waals surface area contributed by atoms with Gasteiger partial charge in [0.05, 0.1) is 6.61 Å². The third-order valence-electron chi connectivity index (χ3n) is 3.49. The first kappa shape index (κ1) is 13.5. The van der Waals surface area contributed by atoms with Crippen LogP contribution in [0.25, 0.3) is 0 Å². The van der Waals surface area contributed by atoms with Crippen LogP contribution in [-0.2, 0) is 4.79 Å². The number of carbonyl (C=O) groups excluding carboxylic acids is 1. The summed E-state index contributed by atoms with van der Waals surface area (Å²) in [6.45, 7) is 1.71. The topological polar surface area (TPSA) is 61.4 Å². The van der Waals surface area contributed by atoms with Crippen LogP contribution in [0.5, 0.6) is 0 Å². The molecule has 0 saturated heterocycles. The molecule has 94 valence electrons. The Morgan fingerprint density at radius 1 is 1.38 bits per heavy atom. The standard InChI is InChI=1S/C12H24N2O2/c1-13-8-4-5-11(16)14-9-12(10-15)6-2-3-7-12/h13,15H,2-10H2,1H3,(H,14,16). The van der Waals surface area contributed by atoms with E-state index in [1.165, 1.54) is 12.8 Å². The molecule has 3 N–H and O–H groups in total. The van der Waals surface area contributed by atoms with Crippen LogP contribution in [0.3, 0.4) is 0 Å². The molecule has 16 heavy (non-hydrogen) atoms. The van der Waals surface area contributed by atoms with Gasteiger partial charge >= 0.3 is 0 Å². The maximum absolute atomic E-state index is 11.5. The minimum Gasteiger partial charge on any atom is -0.396 e. The second-order valence-corrected chi connectivity index (χ2v) is 4.85. The molecule has 0 aromatic heterocycles. The number of nitrogens with one attached hydrogen (secondary N) is 2. The van der Waals surface area contributed by atoms with Crippen molar-refractivity contribution in [2.45, 2.75) is 38.5 Å². The monoisotopic (exact) mass is 228 g/mol. The maximum atomic E-state index is 11.5. The largest absolute Gasteiger partial charge is 0.396 e. The molecule has 0 heterocycles. The fourth-order valence-corrected chi connectivity index (χ4v) is 2.32. The summed E-state index contributed by atoms with van der Waals surface area (Å²) in [7, 11) is 1.89. The highest BCUT2D eigenvalue weighted by molar-refractivity contribution is 5.75. The SMILES string of the molecule is CNCCCC(=O)NCC1(CO)CCCC1. The molecule has 0 bridgehead atoms. The molecular formula is C12H24N2O2. The zero-order valence-corrected chi connectivity index (χ0v) is 10.2. The number of rotatable bonds is 7. The predicted octanol–water partition coefficient (Wildman–Crippen LogP) is 0.655. The lowest BCUT2D eigenvalue weighted by Gasteiger charge is -2.26. The van der Waals surface area contributed by atoms with Gasteiger partial charge in [-0.15, -0.1) is 0 Å². The fraction of sp³-hybridized carbons (Fsp3) is 0.917. The van der Waals surface area contributed by atoms with Crippen molar-refractivity contribution >= 4 is 5.91 Å². The summed E-state index contributed by atoms with van der Waals surface area (Å²) < 4.78 is 0. The van der Waals surface area contributed by atoms with Crippen LogP contribution in [0.4, 0.5) is 0 Å². The van der Waals surface area contributed by atoms with E-state index in [2.05, 4.69) is 10.6 Å². The molecule has 0 unspecified atom stereocenters. The predicted molar refractivity (Wildman–Crippen MR) is 64.2 cm³/mol. The first-order valence-corrected chi connectivity index (χ1v) is 6.25. The Bertz CT molecular complexity index is 213. The summed E-state index contributed by atoms with van der Waals surface area (Å²) in [6, 6.07) is 0. The van der Waals surface area contributed by atoms with Gasteiger partial charge in [-0.2, -0.15) is 0 Å². The van der Waals surface area contributed by atoms with Crippen LogP contribution < -0.4 is 10.6 Å². The van der Waals surface area contributed by atoms with Crippen LogP contribution in [-0.4, -0.2) is 37.8 Å². The second-order valence-electron chi connectivity index (χ2n) is 4.85. The first-order valence-electron chi connectivity index (χ1n) is 6.25. The zero-order valence-electron chi connectivity index (χ0n) is 10.2. The lowest BCUT2D eigenvalue weighted by Crippen LogP contribution is -2.38. The van der Waals surface area contributed by atoms with Crippen LogP contribution in [0.1, 0.15) is 38.5 Å². The van der Waals surface area contributed by atoms with Crippen LogP contribution in [0.15, 0.2) is 0 Å². The Morgan fingerprint density at radius 3 is 2.62 bits per heavy atom. The summed E-state index contributed by atoms with van der Waals surface area (Å²) in [5, 5.41) is 15.3. The molecule has 1 amide bonds. The van der Waals surface area contributed by atoms with E-state index < -0.39 is 0 Å². The second kappa shape index (κ2) is 6.86. The lowest BCUT2D eigenvalue weighted by atomic mass is 9.87. The summed E-state index contributed by atoms with van der Waals surface area (Å²) in [5.74, 6) is 0.106.